The Morgan fingerprint density at radius 3 is 2.52 bits per heavy atom. The maximum absolute atomic E-state index is 12.0. The maximum Gasteiger partial charge on any atom is 0.319 e. The number of nitrogens with one attached hydrogen (secondary N) is 1. The summed E-state index contributed by atoms with van der Waals surface area (Å²) < 4.78 is 4.63. The summed E-state index contributed by atoms with van der Waals surface area (Å²) in [7, 11) is 1.33. The molecule has 21 heavy (non-hydrogen) atoms. The monoisotopic (exact) mass is 312 g/mol. The number of hydrogen-bond acceptors (Lipinski definition) is 4. The quantitative estimate of drug-likeness (QED) is 0.781. The average Bonchev–Trinajstić information content (AvgIpc) is 2.45. The largest absolute Gasteiger partial charge is 0.468 e. The predicted octanol–water partition coefficient (Wildman–Crippen LogP) is 1.84. The molecule has 0 aromatic heterocycles. The number of carbonyl (C=O) groups is 2. The van der Waals surface area contributed by atoms with Crippen molar-refractivity contribution in [3.05, 3.63) is 34.9 Å². The smallest absolute Gasteiger partial charge is 0.319 e. The van der Waals surface area contributed by atoms with Gasteiger partial charge < -0.3 is 10.1 Å². The van der Waals surface area contributed by atoms with Crippen molar-refractivity contribution in [2.24, 2.45) is 0 Å². The number of benzene rings is 1. The highest BCUT2D eigenvalue weighted by molar-refractivity contribution is 6.31. The van der Waals surface area contributed by atoms with E-state index >= 15 is 0 Å². The van der Waals surface area contributed by atoms with Gasteiger partial charge in [-0.05, 0) is 25.5 Å². The van der Waals surface area contributed by atoms with Crippen LogP contribution in [0.15, 0.2) is 24.3 Å². The van der Waals surface area contributed by atoms with Gasteiger partial charge in [-0.25, -0.2) is 0 Å². The number of halogens is 1. The van der Waals surface area contributed by atoms with Crippen LogP contribution in [0.4, 0.5) is 0 Å². The molecule has 1 amide bonds. The Labute approximate surface area is 130 Å². The van der Waals surface area contributed by atoms with Gasteiger partial charge in [-0.2, -0.15) is 0 Å². The van der Waals surface area contributed by atoms with Gasteiger partial charge in [0, 0.05) is 17.6 Å². The van der Waals surface area contributed by atoms with Gasteiger partial charge in [0.15, 0.2) is 0 Å². The predicted molar refractivity (Wildman–Crippen MR) is 82.0 cm³/mol. The van der Waals surface area contributed by atoms with E-state index in [4.69, 9.17) is 11.6 Å². The minimum absolute atomic E-state index is 0.0650. The first-order valence-corrected chi connectivity index (χ1v) is 7.12. The summed E-state index contributed by atoms with van der Waals surface area (Å²) in [5.41, 5.74) is 0.858. The number of amides is 1. The van der Waals surface area contributed by atoms with E-state index in [0.717, 1.165) is 5.56 Å². The molecule has 0 fully saturated rings. The molecule has 1 aromatic carbocycles. The van der Waals surface area contributed by atoms with Crippen molar-refractivity contribution in [1.82, 2.24) is 10.2 Å². The van der Waals surface area contributed by atoms with Crippen LogP contribution in [0.3, 0.4) is 0 Å². The molecule has 0 atom stereocenters. The zero-order valence-corrected chi connectivity index (χ0v) is 13.3. The van der Waals surface area contributed by atoms with Crippen molar-refractivity contribution in [2.75, 3.05) is 20.2 Å². The van der Waals surface area contributed by atoms with E-state index in [9.17, 15) is 9.59 Å². The van der Waals surface area contributed by atoms with E-state index in [-0.39, 0.29) is 31.0 Å². The fourth-order valence-electron chi connectivity index (χ4n) is 1.73. The molecule has 0 saturated carbocycles. The highest BCUT2D eigenvalue weighted by atomic mass is 35.5. The van der Waals surface area contributed by atoms with Gasteiger partial charge in [-0.3, -0.25) is 14.5 Å². The van der Waals surface area contributed by atoms with Crippen LogP contribution >= 0.6 is 11.6 Å². The van der Waals surface area contributed by atoms with Crippen LogP contribution in [0.2, 0.25) is 5.02 Å². The molecule has 0 spiro atoms. The molecule has 0 aliphatic rings. The normalized spacial score (nSPS) is 10.8. The van der Waals surface area contributed by atoms with Gasteiger partial charge in [0.2, 0.25) is 5.91 Å². The molecular formula is C15H21ClN2O3. The molecule has 0 bridgehead atoms. The van der Waals surface area contributed by atoms with Crippen LogP contribution in [-0.2, 0) is 20.9 Å². The van der Waals surface area contributed by atoms with E-state index in [1.165, 1.54) is 7.11 Å². The molecule has 1 rings (SSSR count). The summed E-state index contributed by atoms with van der Waals surface area (Å²) in [6.45, 7) is 4.43. The van der Waals surface area contributed by atoms with Gasteiger partial charge in [-0.15, -0.1) is 0 Å². The zero-order chi connectivity index (χ0) is 15.8. The second-order valence-corrected chi connectivity index (χ2v) is 5.35. The lowest BCUT2D eigenvalue weighted by Gasteiger charge is -2.24. The molecule has 1 aromatic rings. The third-order valence-corrected chi connectivity index (χ3v) is 3.44. The summed E-state index contributed by atoms with van der Waals surface area (Å²) >= 11 is 6.03. The third kappa shape index (κ3) is 6.14. The Kier molecular flexibility index (Phi) is 7.19. The highest BCUT2D eigenvalue weighted by Crippen LogP contribution is 2.14. The van der Waals surface area contributed by atoms with Crippen LogP contribution in [0, 0.1) is 0 Å². The SMILES string of the molecule is COC(=O)CN(CC(=O)NCc1ccccc1Cl)C(C)C. The van der Waals surface area contributed by atoms with E-state index in [0.29, 0.717) is 11.6 Å². The van der Waals surface area contributed by atoms with Crippen molar-refractivity contribution < 1.29 is 14.3 Å². The minimum atomic E-state index is -0.359. The molecule has 0 aliphatic heterocycles. The maximum atomic E-state index is 12.0. The number of ether oxygens (including phenoxy) is 1. The zero-order valence-electron chi connectivity index (χ0n) is 12.6. The van der Waals surface area contributed by atoms with E-state index < -0.39 is 0 Å². The van der Waals surface area contributed by atoms with Crippen LogP contribution in [-0.4, -0.2) is 43.0 Å². The Bertz CT molecular complexity index is 492. The fourth-order valence-corrected chi connectivity index (χ4v) is 1.93. The van der Waals surface area contributed by atoms with E-state index in [1.54, 1.807) is 11.0 Å². The summed E-state index contributed by atoms with van der Waals surface area (Å²) in [5, 5.41) is 3.42. The van der Waals surface area contributed by atoms with Crippen molar-refractivity contribution in [1.29, 1.82) is 0 Å². The summed E-state index contributed by atoms with van der Waals surface area (Å²) in [6, 6.07) is 7.41. The van der Waals surface area contributed by atoms with Crippen molar-refractivity contribution >= 4 is 23.5 Å². The topological polar surface area (TPSA) is 58.6 Å². The summed E-state index contributed by atoms with van der Waals surface area (Å²) in [5.74, 6) is -0.518. The molecular weight excluding hydrogens is 292 g/mol. The van der Waals surface area contributed by atoms with Gasteiger partial charge in [0.1, 0.15) is 0 Å². The number of rotatable bonds is 7. The number of esters is 1. The molecule has 0 saturated heterocycles. The third-order valence-electron chi connectivity index (χ3n) is 3.07. The number of hydrogen-bond donors (Lipinski definition) is 1. The van der Waals surface area contributed by atoms with E-state index in [2.05, 4.69) is 10.1 Å². The minimum Gasteiger partial charge on any atom is -0.468 e. The lowest BCUT2D eigenvalue weighted by atomic mass is 10.2. The first kappa shape index (κ1) is 17.5. The molecule has 1 N–H and O–H groups in total. The molecule has 0 aliphatic carbocycles. The van der Waals surface area contributed by atoms with Gasteiger partial charge >= 0.3 is 5.97 Å². The molecule has 0 unspecified atom stereocenters. The molecule has 0 heterocycles. The summed E-state index contributed by atoms with van der Waals surface area (Å²) in [6.07, 6.45) is 0. The molecule has 116 valence electrons. The standard InChI is InChI=1S/C15H21ClN2O3/c1-11(2)18(10-15(20)21-3)9-14(19)17-8-12-6-4-5-7-13(12)16/h4-7,11H,8-10H2,1-3H3,(H,17,19). The molecule has 0 radical (unpaired) electrons. The summed E-state index contributed by atoms with van der Waals surface area (Å²) in [4.78, 5) is 25.0. The van der Waals surface area contributed by atoms with E-state index in [1.807, 2.05) is 32.0 Å². The van der Waals surface area contributed by atoms with Gasteiger partial charge in [-0.1, -0.05) is 29.8 Å². The fraction of sp³-hybridized carbons (Fsp3) is 0.467. The first-order chi connectivity index (χ1) is 9.93. The van der Waals surface area contributed by atoms with Crippen LogP contribution < -0.4 is 5.32 Å². The number of methoxy groups -OCH3 is 1. The second kappa shape index (κ2) is 8.64. The number of carbonyl (C=O) groups excluding carboxylic acids is 2. The van der Waals surface area contributed by atoms with Gasteiger partial charge in [0.25, 0.3) is 0 Å². The Hall–Kier alpha value is -1.59. The molecule has 6 heteroatoms. The van der Waals surface area contributed by atoms with Crippen LogP contribution in [0.5, 0.6) is 0 Å². The lowest BCUT2D eigenvalue weighted by molar-refractivity contribution is -0.142. The van der Waals surface area contributed by atoms with Gasteiger partial charge in [0.05, 0.1) is 20.2 Å². The van der Waals surface area contributed by atoms with Crippen LogP contribution in [0.1, 0.15) is 19.4 Å². The van der Waals surface area contributed by atoms with Crippen molar-refractivity contribution in [3.8, 4) is 0 Å². The van der Waals surface area contributed by atoms with Crippen molar-refractivity contribution in [2.45, 2.75) is 26.4 Å². The first-order valence-electron chi connectivity index (χ1n) is 6.75. The van der Waals surface area contributed by atoms with Crippen molar-refractivity contribution in [3.63, 3.8) is 0 Å². The second-order valence-electron chi connectivity index (χ2n) is 4.94. The highest BCUT2D eigenvalue weighted by Gasteiger charge is 2.17. The lowest BCUT2D eigenvalue weighted by Crippen LogP contribution is -2.43. The Morgan fingerprint density at radius 2 is 1.95 bits per heavy atom. The van der Waals surface area contributed by atoms with Crippen LogP contribution in [0.25, 0.3) is 0 Å². The number of nitrogens with zero attached hydrogens (tertiary/aromatic N) is 1. The average molecular weight is 313 g/mol. The Balaban J connectivity index is 2.51. The molecule has 5 nitrogen and oxygen atoms in total. The Morgan fingerprint density at radius 1 is 1.29 bits per heavy atom.